The van der Waals surface area contributed by atoms with Gasteiger partial charge in [-0.2, -0.15) is 13.2 Å². The minimum atomic E-state index is -4.38. The maximum Gasteiger partial charge on any atom is 0.416 e. The van der Waals surface area contributed by atoms with E-state index in [9.17, 15) is 18.0 Å². The molecule has 0 unspecified atom stereocenters. The Morgan fingerprint density at radius 1 is 1.14 bits per heavy atom. The van der Waals surface area contributed by atoms with Crippen LogP contribution in [0.15, 0.2) is 24.3 Å². The van der Waals surface area contributed by atoms with Crippen LogP contribution in [0.2, 0.25) is 0 Å². The maximum atomic E-state index is 12.5. The SMILES string of the molecule is COCCN1CCN(C(=O)c2ccc(C(F)(F)F)cc2)CC1. The molecule has 0 spiro atoms. The van der Waals surface area contributed by atoms with Crippen LogP contribution in [0.3, 0.4) is 0 Å². The summed E-state index contributed by atoms with van der Waals surface area (Å²) in [5.74, 6) is -0.222. The summed E-state index contributed by atoms with van der Waals surface area (Å²) in [5.41, 5.74) is -0.452. The van der Waals surface area contributed by atoms with Crippen LogP contribution in [-0.4, -0.2) is 62.1 Å². The molecule has 1 aliphatic heterocycles. The zero-order valence-electron chi connectivity index (χ0n) is 12.4. The Hall–Kier alpha value is -1.60. The van der Waals surface area contributed by atoms with Crippen LogP contribution in [0.1, 0.15) is 15.9 Å². The van der Waals surface area contributed by atoms with Gasteiger partial charge in [-0.25, -0.2) is 0 Å². The monoisotopic (exact) mass is 316 g/mol. The minimum Gasteiger partial charge on any atom is -0.383 e. The number of nitrogens with zero attached hydrogens (tertiary/aromatic N) is 2. The van der Waals surface area contributed by atoms with Gasteiger partial charge in [-0.3, -0.25) is 9.69 Å². The van der Waals surface area contributed by atoms with Gasteiger partial charge in [0, 0.05) is 45.4 Å². The van der Waals surface area contributed by atoms with E-state index in [1.54, 1.807) is 12.0 Å². The summed E-state index contributed by atoms with van der Waals surface area (Å²) in [7, 11) is 1.64. The molecule has 7 heteroatoms. The average molecular weight is 316 g/mol. The van der Waals surface area contributed by atoms with E-state index in [2.05, 4.69) is 4.90 Å². The standard InChI is InChI=1S/C15H19F3N2O2/c1-22-11-10-19-6-8-20(9-7-19)14(21)12-2-4-13(5-3-12)15(16,17)18/h2-5H,6-11H2,1H3. The van der Waals surface area contributed by atoms with Crippen LogP contribution in [-0.2, 0) is 10.9 Å². The first-order chi connectivity index (χ1) is 10.4. The van der Waals surface area contributed by atoms with Crippen molar-refractivity contribution >= 4 is 5.91 Å². The molecule has 4 nitrogen and oxygen atoms in total. The van der Waals surface area contributed by atoms with Crippen LogP contribution in [0.5, 0.6) is 0 Å². The van der Waals surface area contributed by atoms with Crippen LogP contribution < -0.4 is 0 Å². The molecule has 1 aromatic rings. The van der Waals surface area contributed by atoms with Crippen molar-refractivity contribution in [3.63, 3.8) is 0 Å². The van der Waals surface area contributed by atoms with Gasteiger partial charge in [-0.1, -0.05) is 0 Å². The molecule has 1 aromatic carbocycles. The Morgan fingerprint density at radius 3 is 2.23 bits per heavy atom. The molecule has 0 atom stereocenters. The number of halogens is 3. The highest BCUT2D eigenvalue weighted by Gasteiger charge is 2.30. The van der Waals surface area contributed by atoms with Gasteiger partial charge in [0.15, 0.2) is 0 Å². The lowest BCUT2D eigenvalue weighted by Crippen LogP contribution is -2.49. The van der Waals surface area contributed by atoms with Crippen LogP contribution in [0.25, 0.3) is 0 Å². The number of methoxy groups -OCH3 is 1. The Labute approximate surface area is 127 Å². The summed E-state index contributed by atoms with van der Waals surface area (Å²) in [6.45, 7) is 4.10. The van der Waals surface area contributed by atoms with Crippen molar-refractivity contribution in [2.24, 2.45) is 0 Å². The summed E-state index contributed by atoms with van der Waals surface area (Å²) >= 11 is 0. The van der Waals surface area contributed by atoms with Crippen LogP contribution in [0, 0.1) is 0 Å². The molecule has 0 aromatic heterocycles. The van der Waals surface area contributed by atoms with Crippen molar-refractivity contribution in [1.82, 2.24) is 9.80 Å². The summed E-state index contributed by atoms with van der Waals surface area (Å²) < 4.78 is 42.5. The van der Waals surface area contributed by atoms with Gasteiger partial charge in [-0.15, -0.1) is 0 Å². The molecule has 0 aliphatic carbocycles. The van der Waals surface area contributed by atoms with Crippen molar-refractivity contribution < 1.29 is 22.7 Å². The molecular formula is C15H19F3N2O2. The third-order valence-corrected chi connectivity index (χ3v) is 3.73. The fraction of sp³-hybridized carbons (Fsp3) is 0.533. The highest BCUT2D eigenvalue weighted by atomic mass is 19.4. The van der Waals surface area contributed by atoms with E-state index in [1.165, 1.54) is 12.1 Å². The van der Waals surface area contributed by atoms with Crippen molar-refractivity contribution in [2.45, 2.75) is 6.18 Å². The topological polar surface area (TPSA) is 32.8 Å². The molecule has 1 saturated heterocycles. The van der Waals surface area contributed by atoms with E-state index in [0.29, 0.717) is 25.3 Å². The fourth-order valence-electron chi connectivity index (χ4n) is 2.38. The lowest BCUT2D eigenvalue weighted by molar-refractivity contribution is -0.137. The van der Waals surface area contributed by atoms with Gasteiger partial charge < -0.3 is 9.64 Å². The summed E-state index contributed by atoms with van der Waals surface area (Å²) in [6, 6.07) is 4.37. The summed E-state index contributed by atoms with van der Waals surface area (Å²) in [5, 5.41) is 0. The van der Waals surface area contributed by atoms with Crippen LogP contribution in [0.4, 0.5) is 13.2 Å². The van der Waals surface area contributed by atoms with E-state index in [0.717, 1.165) is 31.8 Å². The first-order valence-electron chi connectivity index (χ1n) is 7.09. The minimum absolute atomic E-state index is 0.222. The maximum absolute atomic E-state index is 12.5. The van der Waals surface area contributed by atoms with E-state index < -0.39 is 11.7 Å². The van der Waals surface area contributed by atoms with Crippen LogP contribution >= 0.6 is 0 Å². The fourth-order valence-corrected chi connectivity index (χ4v) is 2.38. The number of hydrogen-bond donors (Lipinski definition) is 0. The van der Waals surface area contributed by atoms with Gasteiger partial charge in [0.05, 0.1) is 12.2 Å². The second-order valence-electron chi connectivity index (χ2n) is 5.20. The molecule has 1 fully saturated rings. The van der Waals surface area contributed by atoms with Gasteiger partial charge >= 0.3 is 6.18 Å². The Bertz CT molecular complexity index is 495. The lowest BCUT2D eigenvalue weighted by Gasteiger charge is -2.34. The number of alkyl halides is 3. The molecule has 0 radical (unpaired) electrons. The normalized spacial score (nSPS) is 16.8. The predicted molar refractivity (Wildman–Crippen MR) is 75.7 cm³/mol. The van der Waals surface area contributed by atoms with E-state index in [-0.39, 0.29) is 5.91 Å². The molecule has 1 aliphatic rings. The van der Waals surface area contributed by atoms with Crippen molar-refractivity contribution in [3.05, 3.63) is 35.4 Å². The smallest absolute Gasteiger partial charge is 0.383 e. The van der Waals surface area contributed by atoms with E-state index in [1.807, 2.05) is 0 Å². The van der Waals surface area contributed by atoms with Crippen molar-refractivity contribution in [1.29, 1.82) is 0 Å². The molecule has 122 valence electrons. The van der Waals surface area contributed by atoms with E-state index >= 15 is 0 Å². The third-order valence-electron chi connectivity index (χ3n) is 3.73. The lowest BCUT2D eigenvalue weighted by atomic mass is 10.1. The molecule has 0 N–H and O–H groups in total. The number of rotatable bonds is 4. The molecule has 22 heavy (non-hydrogen) atoms. The number of carbonyl (C=O) groups is 1. The Morgan fingerprint density at radius 2 is 1.73 bits per heavy atom. The molecule has 0 saturated carbocycles. The molecule has 0 bridgehead atoms. The summed E-state index contributed by atoms with van der Waals surface area (Å²) in [4.78, 5) is 16.1. The first-order valence-corrected chi connectivity index (χ1v) is 7.09. The Kier molecular flexibility index (Phi) is 5.42. The summed E-state index contributed by atoms with van der Waals surface area (Å²) in [6.07, 6.45) is -4.38. The molecule has 1 amide bonds. The number of amides is 1. The number of benzene rings is 1. The Balaban J connectivity index is 1.92. The number of hydrogen-bond acceptors (Lipinski definition) is 3. The van der Waals surface area contributed by atoms with Gasteiger partial charge in [-0.05, 0) is 24.3 Å². The zero-order valence-corrected chi connectivity index (χ0v) is 12.4. The molecular weight excluding hydrogens is 297 g/mol. The number of carbonyl (C=O) groups excluding carboxylic acids is 1. The molecule has 2 rings (SSSR count). The first kappa shape index (κ1) is 16.8. The quantitative estimate of drug-likeness (QED) is 0.853. The van der Waals surface area contributed by atoms with Gasteiger partial charge in [0.2, 0.25) is 0 Å². The highest BCUT2D eigenvalue weighted by Crippen LogP contribution is 2.29. The average Bonchev–Trinajstić information content (AvgIpc) is 2.52. The van der Waals surface area contributed by atoms with Gasteiger partial charge in [0.1, 0.15) is 0 Å². The van der Waals surface area contributed by atoms with Gasteiger partial charge in [0.25, 0.3) is 5.91 Å². The third kappa shape index (κ3) is 4.20. The largest absolute Gasteiger partial charge is 0.416 e. The zero-order chi connectivity index (χ0) is 16.2. The predicted octanol–water partition coefficient (Wildman–Crippen LogP) is 2.11. The van der Waals surface area contributed by atoms with E-state index in [4.69, 9.17) is 4.74 Å². The van der Waals surface area contributed by atoms with Crippen molar-refractivity contribution in [2.75, 3.05) is 46.4 Å². The second kappa shape index (κ2) is 7.11. The van der Waals surface area contributed by atoms with Crippen molar-refractivity contribution in [3.8, 4) is 0 Å². The highest BCUT2D eigenvalue weighted by molar-refractivity contribution is 5.94. The second-order valence-corrected chi connectivity index (χ2v) is 5.20. The molecule has 1 heterocycles. The number of ether oxygens (including phenoxy) is 1. The number of piperazine rings is 1.